The van der Waals surface area contributed by atoms with Gasteiger partial charge in [-0.05, 0) is 6.07 Å². The Labute approximate surface area is 77.5 Å². The van der Waals surface area contributed by atoms with Gasteiger partial charge >= 0.3 is 0 Å². The summed E-state index contributed by atoms with van der Waals surface area (Å²) in [7, 11) is 0. The molecule has 0 aromatic carbocycles. The first-order chi connectivity index (χ1) is 6.02. The van der Waals surface area contributed by atoms with Crippen molar-refractivity contribution in [2.24, 2.45) is 0 Å². The summed E-state index contributed by atoms with van der Waals surface area (Å²) in [5, 5.41) is 33.6. The molecule has 1 aromatic rings. The monoisotopic (exact) mass is 207 g/mol. The first kappa shape index (κ1) is 9.96. The van der Waals surface area contributed by atoms with Crippen LogP contribution in [0.15, 0.2) is 12.3 Å². The van der Waals surface area contributed by atoms with Gasteiger partial charge in [0.2, 0.25) is 0 Å². The number of anilines is 2. The Balaban J connectivity index is 3.11. The van der Waals surface area contributed by atoms with Crippen molar-refractivity contribution in [2.75, 3.05) is 10.5 Å². The Morgan fingerprint density at radius 2 is 1.77 bits per heavy atom. The Hall–Kier alpha value is -1.12. The van der Waals surface area contributed by atoms with Gasteiger partial charge in [0.15, 0.2) is 5.15 Å². The van der Waals surface area contributed by atoms with Crippen molar-refractivity contribution < 1.29 is 20.8 Å². The van der Waals surface area contributed by atoms with Gasteiger partial charge in [-0.15, -0.1) is 10.5 Å². The van der Waals surface area contributed by atoms with Crippen molar-refractivity contribution in [2.45, 2.75) is 0 Å². The molecule has 4 N–H and O–H groups in total. The summed E-state index contributed by atoms with van der Waals surface area (Å²) in [5.41, 5.74) is -0.431. The van der Waals surface area contributed by atoms with Crippen LogP contribution in [0.3, 0.4) is 0 Å². The van der Waals surface area contributed by atoms with Gasteiger partial charge in [0.05, 0.1) is 6.20 Å². The predicted octanol–water partition coefficient (Wildman–Crippen LogP) is 0.905. The third-order valence-electron chi connectivity index (χ3n) is 1.25. The van der Waals surface area contributed by atoms with Gasteiger partial charge in [-0.2, -0.15) is 0 Å². The number of hydrogen-bond acceptors (Lipinski definition) is 7. The fraction of sp³-hybridized carbons (Fsp3) is 0. The lowest BCUT2D eigenvalue weighted by atomic mass is 10.4. The van der Waals surface area contributed by atoms with Crippen molar-refractivity contribution in [1.29, 1.82) is 0 Å². The summed E-state index contributed by atoms with van der Waals surface area (Å²) in [5.74, 6) is 0. The van der Waals surface area contributed by atoms with Gasteiger partial charge in [0, 0.05) is 0 Å². The Morgan fingerprint density at radius 1 is 1.15 bits per heavy atom. The zero-order valence-corrected chi connectivity index (χ0v) is 6.92. The average Bonchev–Trinajstić information content (AvgIpc) is 2.04. The zero-order valence-electron chi connectivity index (χ0n) is 6.16. The topological polar surface area (TPSA) is 100 Å². The van der Waals surface area contributed by atoms with Crippen LogP contribution >= 0.6 is 11.6 Å². The van der Waals surface area contributed by atoms with E-state index in [1.807, 2.05) is 0 Å². The van der Waals surface area contributed by atoms with Gasteiger partial charge in [-0.25, -0.2) is 4.98 Å². The van der Waals surface area contributed by atoms with Crippen LogP contribution < -0.4 is 10.5 Å². The molecule has 8 heteroatoms. The summed E-state index contributed by atoms with van der Waals surface area (Å²) in [4.78, 5) is 3.46. The highest BCUT2D eigenvalue weighted by atomic mass is 35.5. The normalized spacial score (nSPS) is 9.92. The summed E-state index contributed by atoms with van der Waals surface area (Å²) < 4.78 is 0. The van der Waals surface area contributed by atoms with Crippen molar-refractivity contribution in [3.63, 3.8) is 0 Å². The minimum atomic E-state index is -0.275. The fourth-order valence-electron chi connectivity index (χ4n) is 0.675. The molecule has 7 nitrogen and oxygen atoms in total. The SMILES string of the molecule is ON(O)c1cnc(Cl)c(N(O)O)c1. The molecule has 0 saturated carbocycles. The van der Waals surface area contributed by atoms with E-state index in [4.69, 9.17) is 32.4 Å². The van der Waals surface area contributed by atoms with Crippen LogP contribution in [-0.2, 0) is 0 Å². The van der Waals surface area contributed by atoms with Crippen LogP contribution in [-0.4, -0.2) is 25.8 Å². The van der Waals surface area contributed by atoms with E-state index in [-0.39, 0.29) is 27.0 Å². The lowest BCUT2D eigenvalue weighted by Gasteiger charge is -2.12. The van der Waals surface area contributed by atoms with Crippen LogP contribution in [0, 0.1) is 0 Å². The first-order valence-corrected chi connectivity index (χ1v) is 3.41. The molecule has 0 aliphatic rings. The number of rotatable bonds is 2. The maximum atomic E-state index is 8.59. The number of pyridine rings is 1. The van der Waals surface area contributed by atoms with E-state index in [9.17, 15) is 0 Å². The minimum absolute atomic E-state index is 0.160. The molecule has 0 fully saturated rings. The molecule has 0 bridgehead atoms. The largest absolute Gasteiger partial charge is 0.264 e. The van der Waals surface area contributed by atoms with E-state index in [0.29, 0.717) is 0 Å². The van der Waals surface area contributed by atoms with Crippen molar-refractivity contribution in [1.82, 2.24) is 4.98 Å². The van der Waals surface area contributed by atoms with Crippen LogP contribution in [0.5, 0.6) is 0 Å². The molecule has 0 saturated heterocycles. The highest BCUT2D eigenvalue weighted by molar-refractivity contribution is 6.32. The smallest absolute Gasteiger partial charge is 0.157 e. The average molecular weight is 208 g/mol. The van der Waals surface area contributed by atoms with Crippen LogP contribution in [0.4, 0.5) is 11.4 Å². The Morgan fingerprint density at radius 3 is 2.23 bits per heavy atom. The minimum Gasteiger partial charge on any atom is -0.264 e. The molecule has 1 rings (SSSR count). The summed E-state index contributed by atoms with van der Waals surface area (Å²) in [6, 6.07) is 1.01. The molecule has 0 aliphatic heterocycles. The van der Waals surface area contributed by atoms with E-state index >= 15 is 0 Å². The molecular formula is C5H6ClN3O4. The number of halogens is 1. The van der Waals surface area contributed by atoms with Crippen molar-refractivity contribution in [3.8, 4) is 0 Å². The van der Waals surface area contributed by atoms with E-state index in [2.05, 4.69) is 4.98 Å². The number of nitrogens with zero attached hydrogens (tertiary/aromatic N) is 3. The van der Waals surface area contributed by atoms with E-state index < -0.39 is 0 Å². The van der Waals surface area contributed by atoms with Crippen LogP contribution in [0.25, 0.3) is 0 Å². The molecule has 13 heavy (non-hydrogen) atoms. The molecule has 0 atom stereocenters. The van der Waals surface area contributed by atoms with Crippen molar-refractivity contribution >= 4 is 23.0 Å². The number of aromatic nitrogens is 1. The number of hydrogen-bond donors (Lipinski definition) is 4. The highest BCUT2D eigenvalue weighted by Crippen LogP contribution is 2.25. The Bertz CT molecular complexity index is 306. The standard InChI is InChI=1S/C5H6ClN3O4/c6-5-4(9(12)13)1-3(2-7-5)8(10)11/h1-2,10-13H. The van der Waals surface area contributed by atoms with E-state index in [1.54, 1.807) is 0 Å². The molecule has 0 unspecified atom stereocenters. The second-order valence-corrected chi connectivity index (χ2v) is 2.44. The molecule has 0 spiro atoms. The summed E-state index contributed by atoms with van der Waals surface area (Å²) >= 11 is 5.44. The molecule has 0 amide bonds. The van der Waals surface area contributed by atoms with Gasteiger partial charge < -0.3 is 0 Å². The second kappa shape index (κ2) is 3.73. The molecule has 1 aromatic heterocycles. The third-order valence-corrected chi connectivity index (χ3v) is 1.54. The van der Waals surface area contributed by atoms with Gasteiger partial charge in [0.1, 0.15) is 11.4 Å². The van der Waals surface area contributed by atoms with E-state index in [1.165, 1.54) is 0 Å². The van der Waals surface area contributed by atoms with Gasteiger partial charge in [-0.1, -0.05) is 11.6 Å². The maximum Gasteiger partial charge on any atom is 0.157 e. The molecule has 72 valence electrons. The fourth-order valence-corrected chi connectivity index (χ4v) is 0.854. The molecular weight excluding hydrogens is 202 g/mol. The van der Waals surface area contributed by atoms with Gasteiger partial charge in [0.25, 0.3) is 0 Å². The molecule has 0 radical (unpaired) electrons. The quantitative estimate of drug-likeness (QED) is 0.422. The first-order valence-electron chi connectivity index (χ1n) is 3.03. The summed E-state index contributed by atoms with van der Waals surface area (Å²) in [6.45, 7) is 0. The summed E-state index contributed by atoms with van der Waals surface area (Å²) in [6.07, 6.45) is 1.04. The van der Waals surface area contributed by atoms with Crippen LogP contribution in [0.1, 0.15) is 0 Å². The van der Waals surface area contributed by atoms with Gasteiger partial charge in [-0.3, -0.25) is 20.8 Å². The lowest BCUT2D eigenvalue weighted by Crippen LogP contribution is -2.15. The third kappa shape index (κ3) is 2.17. The maximum absolute atomic E-state index is 8.59. The predicted molar refractivity (Wildman–Crippen MR) is 41.4 cm³/mol. The highest BCUT2D eigenvalue weighted by Gasteiger charge is 2.10. The Kier molecular flexibility index (Phi) is 2.86. The van der Waals surface area contributed by atoms with Crippen molar-refractivity contribution in [3.05, 3.63) is 17.4 Å². The molecule has 0 aliphatic carbocycles. The zero-order chi connectivity index (χ0) is 10.0. The van der Waals surface area contributed by atoms with Crippen LogP contribution in [0.2, 0.25) is 5.15 Å². The molecule has 1 heterocycles. The second-order valence-electron chi connectivity index (χ2n) is 2.08. The lowest BCUT2D eigenvalue weighted by molar-refractivity contribution is 0.0257. The van der Waals surface area contributed by atoms with E-state index in [0.717, 1.165) is 12.3 Å².